The summed E-state index contributed by atoms with van der Waals surface area (Å²) in [4.78, 5) is 11.8. The first-order valence-electron chi connectivity index (χ1n) is 7.38. The van der Waals surface area contributed by atoms with Crippen molar-refractivity contribution in [1.29, 1.82) is 0 Å². The molecule has 0 aromatic rings. The van der Waals surface area contributed by atoms with E-state index in [9.17, 15) is 4.79 Å². The third-order valence-corrected chi connectivity index (χ3v) is 6.38. The van der Waals surface area contributed by atoms with E-state index in [0.717, 1.165) is 6.42 Å². The lowest BCUT2D eigenvalue weighted by molar-refractivity contribution is -0.146. The van der Waals surface area contributed by atoms with Gasteiger partial charge in [0.2, 0.25) is 0 Å². The van der Waals surface area contributed by atoms with Gasteiger partial charge in [-0.3, -0.25) is 4.79 Å². The van der Waals surface area contributed by atoms with E-state index < -0.39 is 0 Å². The molecule has 2 saturated heterocycles. The van der Waals surface area contributed by atoms with Gasteiger partial charge in [-0.05, 0) is 25.2 Å². The zero-order valence-corrected chi connectivity index (χ0v) is 11.4. The maximum absolute atomic E-state index is 11.8. The molecular formula is C15H22O3. The second kappa shape index (κ2) is 3.12. The fourth-order valence-electron chi connectivity index (χ4n) is 5.38. The number of carbonyl (C=O) groups excluding carboxylic acids is 1. The standard InChI is InChI=1S/C15H22O3/c1-8-5-4-6-14(3)7-10-11(9(2)13(16)17-10)12-15(8,14)18-12/h8-12H,4-7H2,1-3H3/t8-,9-,10+,11+,12-,14+,15-/m0/s1. The van der Waals surface area contributed by atoms with Crippen LogP contribution in [-0.2, 0) is 14.3 Å². The fraction of sp³-hybridized carbons (Fsp3) is 0.933. The Hall–Kier alpha value is -0.570. The topological polar surface area (TPSA) is 38.8 Å². The second-order valence-corrected chi connectivity index (χ2v) is 7.23. The number of rotatable bonds is 0. The van der Waals surface area contributed by atoms with Crippen LogP contribution in [-0.4, -0.2) is 23.8 Å². The number of epoxide rings is 1. The molecule has 3 nitrogen and oxygen atoms in total. The maximum Gasteiger partial charge on any atom is 0.309 e. The molecule has 2 heterocycles. The molecule has 4 rings (SSSR count). The van der Waals surface area contributed by atoms with Gasteiger partial charge in [-0.2, -0.15) is 0 Å². The minimum atomic E-state index is -0.00875. The quantitative estimate of drug-likeness (QED) is 0.490. The summed E-state index contributed by atoms with van der Waals surface area (Å²) in [6, 6.07) is 0. The Morgan fingerprint density at radius 3 is 2.89 bits per heavy atom. The van der Waals surface area contributed by atoms with E-state index >= 15 is 0 Å². The van der Waals surface area contributed by atoms with Gasteiger partial charge < -0.3 is 9.47 Å². The lowest BCUT2D eigenvalue weighted by Crippen LogP contribution is -2.54. The molecule has 7 atom stereocenters. The van der Waals surface area contributed by atoms with Gasteiger partial charge in [0.25, 0.3) is 0 Å². The number of hydrogen-bond donors (Lipinski definition) is 0. The third kappa shape index (κ3) is 1.05. The molecule has 2 saturated carbocycles. The van der Waals surface area contributed by atoms with Crippen molar-refractivity contribution >= 4 is 5.97 Å². The van der Waals surface area contributed by atoms with Crippen molar-refractivity contribution in [2.45, 2.75) is 64.3 Å². The fourth-order valence-corrected chi connectivity index (χ4v) is 5.38. The lowest BCUT2D eigenvalue weighted by atomic mass is 9.53. The van der Waals surface area contributed by atoms with Gasteiger partial charge in [-0.25, -0.2) is 0 Å². The number of hydrogen-bond acceptors (Lipinski definition) is 3. The highest BCUT2D eigenvalue weighted by atomic mass is 16.6. The number of fused-ring (bicyclic) bond motifs is 2. The van der Waals surface area contributed by atoms with Crippen molar-refractivity contribution < 1.29 is 14.3 Å². The maximum atomic E-state index is 11.8. The molecule has 2 aliphatic carbocycles. The monoisotopic (exact) mass is 250 g/mol. The Balaban J connectivity index is 1.75. The predicted octanol–water partition coefficient (Wildman–Crippen LogP) is 2.53. The summed E-state index contributed by atoms with van der Waals surface area (Å²) in [7, 11) is 0. The molecule has 2 aliphatic heterocycles. The average Bonchev–Trinajstić information content (AvgIpc) is 2.98. The van der Waals surface area contributed by atoms with Crippen LogP contribution < -0.4 is 0 Å². The molecule has 0 bridgehead atoms. The molecule has 0 aromatic heterocycles. The van der Waals surface area contributed by atoms with E-state index in [2.05, 4.69) is 13.8 Å². The predicted molar refractivity (Wildman–Crippen MR) is 65.9 cm³/mol. The summed E-state index contributed by atoms with van der Waals surface area (Å²) < 4.78 is 11.9. The van der Waals surface area contributed by atoms with Crippen LogP contribution in [0.2, 0.25) is 0 Å². The van der Waals surface area contributed by atoms with Crippen LogP contribution in [0.25, 0.3) is 0 Å². The Bertz CT molecular complexity index is 420. The summed E-state index contributed by atoms with van der Waals surface area (Å²) in [5.41, 5.74) is 0.287. The summed E-state index contributed by atoms with van der Waals surface area (Å²) in [6.07, 6.45) is 5.18. The number of carbonyl (C=O) groups is 1. The highest BCUT2D eigenvalue weighted by Crippen LogP contribution is 2.70. The summed E-state index contributed by atoms with van der Waals surface area (Å²) >= 11 is 0. The van der Waals surface area contributed by atoms with E-state index in [1.54, 1.807) is 0 Å². The van der Waals surface area contributed by atoms with Crippen molar-refractivity contribution in [3.63, 3.8) is 0 Å². The molecule has 0 aromatic carbocycles. The summed E-state index contributed by atoms with van der Waals surface area (Å²) in [5, 5.41) is 0. The van der Waals surface area contributed by atoms with Crippen molar-refractivity contribution in [3.8, 4) is 0 Å². The lowest BCUT2D eigenvalue weighted by Gasteiger charge is -2.48. The first-order valence-corrected chi connectivity index (χ1v) is 7.38. The molecule has 18 heavy (non-hydrogen) atoms. The van der Waals surface area contributed by atoms with Crippen LogP contribution in [0, 0.1) is 23.2 Å². The molecule has 0 unspecified atom stereocenters. The molecule has 0 amide bonds. The van der Waals surface area contributed by atoms with Crippen molar-refractivity contribution in [3.05, 3.63) is 0 Å². The normalized spacial score (nSPS) is 61.5. The average molecular weight is 250 g/mol. The summed E-state index contributed by atoms with van der Waals surface area (Å²) in [5.74, 6) is 0.958. The van der Waals surface area contributed by atoms with Crippen LogP contribution in [0.4, 0.5) is 0 Å². The minimum Gasteiger partial charge on any atom is -0.462 e. The van der Waals surface area contributed by atoms with Gasteiger partial charge in [0.05, 0.1) is 12.0 Å². The van der Waals surface area contributed by atoms with Crippen LogP contribution in [0.1, 0.15) is 46.5 Å². The first kappa shape index (κ1) is 11.3. The van der Waals surface area contributed by atoms with Crippen LogP contribution in [0.15, 0.2) is 0 Å². The molecule has 1 spiro atoms. The van der Waals surface area contributed by atoms with Gasteiger partial charge in [-0.15, -0.1) is 0 Å². The summed E-state index contributed by atoms with van der Waals surface area (Å²) in [6.45, 7) is 6.70. The highest BCUT2D eigenvalue weighted by molar-refractivity contribution is 5.75. The SMILES string of the molecule is C[C@@H]1C(=O)O[C@@H]2C[C@@]3(C)CCC[C@H](C)[C@@]34O[C@H]4[C@H]12. The van der Waals surface area contributed by atoms with E-state index in [1.165, 1.54) is 19.3 Å². The van der Waals surface area contributed by atoms with Crippen molar-refractivity contribution in [2.75, 3.05) is 0 Å². The Morgan fingerprint density at radius 2 is 2.11 bits per heavy atom. The van der Waals surface area contributed by atoms with Crippen LogP contribution >= 0.6 is 0 Å². The van der Waals surface area contributed by atoms with Crippen LogP contribution in [0.3, 0.4) is 0 Å². The second-order valence-electron chi connectivity index (χ2n) is 7.23. The van der Waals surface area contributed by atoms with Gasteiger partial charge in [0.15, 0.2) is 0 Å². The van der Waals surface area contributed by atoms with E-state index in [1.807, 2.05) is 6.92 Å². The van der Waals surface area contributed by atoms with Crippen LogP contribution in [0.5, 0.6) is 0 Å². The molecule has 100 valence electrons. The molecule has 0 radical (unpaired) electrons. The minimum absolute atomic E-state index is 0.00875. The van der Waals surface area contributed by atoms with E-state index in [4.69, 9.17) is 9.47 Å². The van der Waals surface area contributed by atoms with Gasteiger partial charge in [-0.1, -0.05) is 27.2 Å². The van der Waals surface area contributed by atoms with Crippen molar-refractivity contribution in [2.24, 2.45) is 23.2 Å². The molecular weight excluding hydrogens is 228 g/mol. The zero-order valence-electron chi connectivity index (χ0n) is 11.4. The third-order valence-electron chi connectivity index (χ3n) is 6.38. The molecule has 3 heteroatoms. The Labute approximate surface area is 108 Å². The number of esters is 1. The molecule has 4 fully saturated rings. The van der Waals surface area contributed by atoms with Crippen molar-refractivity contribution in [1.82, 2.24) is 0 Å². The highest BCUT2D eigenvalue weighted by Gasteiger charge is 2.78. The number of ether oxygens (including phenoxy) is 2. The molecule has 0 N–H and O–H groups in total. The van der Waals surface area contributed by atoms with E-state index in [-0.39, 0.29) is 35.1 Å². The smallest absolute Gasteiger partial charge is 0.309 e. The van der Waals surface area contributed by atoms with Gasteiger partial charge in [0.1, 0.15) is 11.7 Å². The molecule has 4 aliphatic rings. The van der Waals surface area contributed by atoms with Gasteiger partial charge >= 0.3 is 5.97 Å². The largest absolute Gasteiger partial charge is 0.462 e. The Kier molecular flexibility index (Phi) is 1.95. The van der Waals surface area contributed by atoms with E-state index in [0.29, 0.717) is 11.8 Å². The Morgan fingerprint density at radius 1 is 1.33 bits per heavy atom. The van der Waals surface area contributed by atoms with Gasteiger partial charge in [0, 0.05) is 11.3 Å². The zero-order chi connectivity index (χ0) is 12.7. The first-order chi connectivity index (χ1) is 8.49.